The zero-order valence-electron chi connectivity index (χ0n) is 10.2. The number of rotatable bonds is 5. The zero-order valence-corrected chi connectivity index (χ0v) is 10.2. The SMILES string of the molecule is Cc1cc(C(=O)NC(C)CCC(=O)O)n(C)n1. The van der Waals surface area contributed by atoms with Crippen molar-refractivity contribution < 1.29 is 14.7 Å². The molecule has 0 saturated heterocycles. The highest BCUT2D eigenvalue weighted by molar-refractivity contribution is 5.92. The van der Waals surface area contributed by atoms with Crippen LogP contribution in [0.25, 0.3) is 0 Å². The normalized spacial score (nSPS) is 12.2. The Morgan fingerprint density at radius 1 is 1.59 bits per heavy atom. The van der Waals surface area contributed by atoms with Gasteiger partial charge in [0.1, 0.15) is 5.69 Å². The number of hydrogen-bond acceptors (Lipinski definition) is 3. The van der Waals surface area contributed by atoms with E-state index in [0.29, 0.717) is 12.1 Å². The van der Waals surface area contributed by atoms with Crippen molar-refractivity contribution in [2.24, 2.45) is 7.05 Å². The van der Waals surface area contributed by atoms with E-state index < -0.39 is 5.97 Å². The predicted octanol–water partition coefficient (Wildman–Crippen LogP) is 0.712. The van der Waals surface area contributed by atoms with Crippen LogP contribution >= 0.6 is 0 Å². The molecule has 0 aliphatic rings. The van der Waals surface area contributed by atoms with Gasteiger partial charge in [-0.2, -0.15) is 5.10 Å². The Hall–Kier alpha value is -1.85. The van der Waals surface area contributed by atoms with Crippen molar-refractivity contribution in [3.8, 4) is 0 Å². The molecule has 0 fully saturated rings. The largest absolute Gasteiger partial charge is 0.481 e. The fourth-order valence-corrected chi connectivity index (χ4v) is 1.53. The van der Waals surface area contributed by atoms with Crippen LogP contribution in [-0.4, -0.2) is 32.8 Å². The molecule has 6 heteroatoms. The van der Waals surface area contributed by atoms with E-state index in [2.05, 4.69) is 10.4 Å². The zero-order chi connectivity index (χ0) is 13.0. The summed E-state index contributed by atoms with van der Waals surface area (Å²) in [4.78, 5) is 22.2. The summed E-state index contributed by atoms with van der Waals surface area (Å²) in [6.07, 6.45) is 0.462. The first kappa shape index (κ1) is 13.2. The second-order valence-electron chi connectivity index (χ2n) is 4.10. The summed E-state index contributed by atoms with van der Waals surface area (Å²) in [7, 11) is 1.70. The average Bonchev–Trinajstić information content (AvgIpc) is 2.55. The second-order valence-corrected chi connectivity index (χ2v) is 4.10. The Morgan fingerprint density at radius 2 is 2.24 bits per heavy atom. The molecule has 1 rings (SSSR count). The number of aromatic nitrogens is 2. The molecule has 6 nitrogen and oxygen atoms in total. The van der Waals surface area contributed by atoms with E-state index in [0.717, 1.165) is 5.69 Å². The van der Waals surface area contributed by atoms with Crippen molar-refractivity contribution in [3.63, 3.8) is 0 Å². The number of hydrogen-bond donors (Lipinski definition) is 2. The summed E-state index contributed by atoms with van der Waals surface area (Å²) in [5.41, 5.74) is 1.25. The van der Waals surface area contributed by atoms with Gasteiger partial charge >= 0.3 is 5.97 Å². The van der Waals surface area contributed by atoms with Crippen LogP contribution in [0.5, 0.6) is 0 Å². The van der Waals surface area contributed by atoms with Gasteiger partial charge in [-0.3, -0.25) is 14.3 Å². The highest BCUT2D eigenvalue weighted by Gasteiger charge is 2.14. The maximum atomic E-state index is 11.8. The molecule has 94 valence electrons. The van der Waals surface area contributed by atoms with Crippen molar-refractivity contribution in [2.75, 3.05) is 0 Å². The van der Waals surface area contributed by atoms with Crippen molar-refractivity contribution in [1.82, 2.24) is 15.1 Å². The topological polar surface area (TPSA) is 84.2 Å². The molecule has 1 heterocycles. The van der Waals surface area contributed by atoms with Crippen LogP contribution in [-0.2, 0) is 11.8 Å². The number of nitrogens with one attached hydrogen (secondary N) is 1. The Labute approximate surface area is 99.6 Å². The minimum absolute atomic E-state index is 0.0475. The molecule has 1 aromatic heterocycles. The Morgan fingerprint density at radius 3 is 2.71 bits per heavy atom. The van der Waals surface area contributed by atoms with Gasteiger partial charge in [0.05, 0.1) is 5.69 Å². The maximum absolute atomic E-state index is 11.8. The first-order valence-corrected chi connectivity index (χ1v) is 5.43. The van der Waals surface area contributed by atoms with Gasteiger partial charge in [0.2, 0.25) is 0 Å². The van der Waals surface area contributed by atoms with Gasteiger partial charge in [0, 0.05) is 19.5 Å². The lowest BCUT2D eigenvalue weighted by molar-refractivity contribution is -0.137. The summed E-state index contributed by atoms with van der Waals surface area (Å²) < 4.78 is 1.51. The number of aliphatic carboxylic acids is 1. The summed E-state index contributed by atoms with van der Waals surface area (Å²) in [5.74, 6) is -1.09. The minimum Gasteiger partial charge on any atom is -0.481 e. The maximum Gasteiger partial charge on any atom is 0.303 e. The molecule has 1 aromatic rings. The van der Waals surface area contributed by atoms with Crippen molar-refractivity contribution in [2.45, 2.75) is 32.7 Å². The van der Waals surface area contributed by atoms with Crippen LogP contribution in [0, 0.1) is 6.92 Å². The number of carbonyl (C=O) groups is 2. The van der Waals surface area contributed by atoms with E-state index in [4.69, 9.17) is 5.11 Å². The molecule has 2 N–H and O–H groups in total. The quantitative estimate of drug-likeness (QED) is 0.792. The number of carbonyl (C=O) groups excluding carboxylic acids is 1. The third-order valence-corrected chi connectivity index (χ3v) is 2.40. The molecule has 17 heavy (non-hydrogen) atoms. The van der Waals surface area contributed by atoms with Gasteiger partial charge in [-0.15, -0.1) is 0 Å². The van der Waals surface area contributed by atoms with Crippen LogP contribution in [0.15, 0.2) is 6.07 Å². The average molecular weight is 239 g/mol. The van der Waals surface area contributed by atoms with Crippen LogP contribution in [0.4, 0.5) is 0 Å². The van der Waals surface area contributed by atoms with Gasteiger partial charge in [-0.25, -0.2) is 0 Å². The Bertz CT molecular complexity index is 426. The number of carboxylic acid groups (broad SMARTS) is 1. The van der Waals surface area contributed by atoms with Gasteiger partial charge in [-0.05, 0) is 26.3 Å². The van der Waals surface area contributed by atoms with E-state index in [1.807, 2.05) is 6.92 Å². The van der Waals surface area contributed by atoms with Crippen LogP contribution in [0.1, 0.15) is 35.9 Å². The summed E-state index contributed by atoms with van der Waals surface area (Å²) >= 11 is 0. The van der Waals surface area contributed by atoms with Crippen LogP contribution < -0.4 is 5.32 Å². The predicted molar refractivity (Wildman–Crippen MR) is 61.7 cm³/mol. The second kappa shape index (κ2) is 5.47. The minimum atomic E-state index is -0.859. The molecule has 0 aliphatic heterocycles. The summed E-state index contributed by atoms with van der Waals surface area (Å²) in [6, 6.07) is 1.52. The van der Waals surface area contributed by atoms with E-state index in [1.54, 1.807) is 20.0 Å². The Balaban J connectivity index is 2.54. The van der Waals surface area contributed by atoms with Crippen LogP contribution in [0.2, 0.25) is 0 Å². The molecule has 0 bridgehead atoms. The molecule has 0 saturated carbocycles. The summed E-state index contributed by atoms with van der Waals surface area (Å²) in [6.45, 7) is 3.59. The number of amides is 1. The third-order valence-electron chi connectivity index (χ3n) is 2.40. The number of nitrogens with zero attached hydrogens (tertiary/aromatic N) is 2. The van der Waals surface area contributed by atoms with E-state index in [9.17, 15) is 9.59 Å². The smallest absolute Gasteiger partial charge is 0.303 e. The molecule has 0 aliphatic carbocycles. The lowest BCUT2D eigenvalue weighted by Gasteiger charge is -2.12. The highest BCUT2D eigenvalue weighted by Crippen LogP contribution is 2.03. The van der Waals surface area contributed by atoms with Crippen molar-refractivity contribution >= 4 is 11.9 Å². The monoisotopic (exact) mass is 239 g/mol. The highest BCUT2D eigenvalue weighted by atomic mass is 16.4. The van der Waals surface area contributed by atoms with Crippen molar-refractivity contribution in [3.05, 3.63) is 17.5 Å². The molecule has 1 unspecified atom stereocenters. The molecule has 0 aromatic carbocycles. The van der Waals surface area contributed by atoms with Gasteiger partial charge in [0.25, 0.3) is 5.91 Å². The number of aryl methyl sites for hydroxylation is 2. The first-order valence-electron chi connectivity index (χ1n) is 5.43. The third kappa shape index (κ3) is 3.90. The molecule has 1 amide bonds. The fourth-order valence-electron chi connectivity index (χ4n) is 1.53. The Kier molecular flexibility index (Phi) is 4.25. The van der Waals surface area contributed by atoms with E-state index >= 15 is 0 Å². The fraction of sp³-hybridized carbons (Fsp3) is 0.545. The standard InChI is InChI=1S/C11H17N3O3/c1-7(4-5-10(15)16)12-11(17)9-6-8(2)13-14(9)3/h6-7H,4-5H2,1-3H3,(H,12,17)(H,15,16). The molecule has 0 spiro atoms. The van der Waals surface area contributed by atoms with Gasteiger partial charge in [0.15, 0.2) is 0 Å². The molecule has 0 radical (unpaired) electrons. The van der Waals surface area contributed by atoms with Gasteiger partial charge < -0.3 is 10.4 Å². The first-order chi connectivity index (χ1) is 7.90. The van der Waals surface area contributed by atoms with Gasteiger partial charge in [-0.1, -0.05) is 0 Å². The molecule has 1 atom stereocenters. The van der Waals surface area contributed by atoms with E-state index in [1.165, 1.54) is 4.68 Å². The molecular weight excluding hydrogens is 222 g/mol. The lowest BCUT2D eigenvalue weighted by Crippen LogP contribution is -2.34. The number of carboxylic acids is 1. The lowest BCUT2D eigenvalue weighted by atomic mass is 10.2. The van der Waals surface area contributed by atoms with Crippen LogP contribution in [0.3, 0.4) is 0 Å². The summed E-state index contributed by atoms with van der Waals surface area (Å²) in [5, 5.41) is 15.4. The molecular formula is C11H17N3O3. The van der Waals surface area contributed by atoms with E-state index in [-0.39, 0.29) is 18.4 Å². The van der Waals surface area contributed by atoms with Crippen molar-refractivity contribution in [1.29, 1.82) is 0 Å².